The average molecular weight is 270 g/mol. The van der Waals surface area contributed by atoms with E-state index in [0.29, 0.717) is 6.61 Å². The first-order valence-corrected chi connectivity index (χ1v) is 7.40. The molecule has 1 aromatic heterocycles. The Hall–Kier alpha value is -1.74. The molecule has 0 amide bonds. The van der Waals surface area contributed by atoms with Gasteiger partial charge < -0.3 is 15.0 Å². The maximum absolute atomic E-state index is 6.25. The highest BCUT2D eigenvalue weighted by Crippen LogP contribution is 2.33. The van der Waals surface area contributed by atoms with Crippen molar-refractivity contribution in [2.45, 2.75) is 39.2 Å². The molecule has 1 atom stereocenters. The monoisotopic (exact) mass is 270 g/mol. The molecule has 0 saturated carbocycles. The predicted molar refractivity (Wildman–Crippen MR) is 81.5 cm³/mol. The van der Waals surface area contributed by atoms with Crippen molar-refractivity contribution in [1.29, 1.82) is 0 Å². The van der Waals surface area contributed by atoms with Gasteiger partial charge in [0.25, 0.3) is 0 Å². The molecule has 0 saturated heterocycles. The smallest absolute Gasteiger partial charge is 0.121 e. The second-order valence-electron chi connectivity index (χ2n) is 5.45. The maximum atomic E-state index is 6.25. The van der Waals surface area contributed by atoms with E-state index in [1.165, 1.54) is 29.1 Å². The van der Waals surface area contributed by atoms with Crippen LogP contribution in [0.5, 0.6) is 5.75 Å². The molecule has 0 radical (unpaired) electrons. The minimum atomic E-state index is 0.189. The molecular formula is C17H22N2O. The van der Waals surface area contributed by atoms with Crippen LogP contribution in [0, 0.1) is 6.92 Å². The predicted octanol–water partition coefficient (Wildman–Crippen LogP) is 3.52. The molecule has 106 valence electrons. The number of nitrogens with zero attached hydrogens (tertiary/aromatic N) is 1. The van der Waals surface area contributed by atoms with E-state index < -0.39 is 0 Å². The molecule has 1 aromatic carbocycles. The summed E-state index contributed by atoms with van der Waals surface area (Å²) in [5.41, 5.74) is 11.4. The first kappa shape index (κ1) is 13.3. The highest BCUT2D eigenvalue weighted by Gasteiger charge is 2.22. The lowest BCUT2D eigenvalue weighted by Crippen LogP contribution is -2.17. The van der Waals surface area contributed by atoms with Gasteiger partial charge in [0, 0.05) is 29.2 Å². The van der Waals surface area contributed by atoms with Crippen molar-refractivity contribution >= 4 is 0 Å². The Balaban J connectivity index is 2.08. The van der Waals surface area contributed by atoms with Crippen LogP contribution >= 0.6 is 0 Å². The molecule has 2 aromatic rings. The highest BCUT2D eigenvalue weighted by atomic mass is 16.5. The molecule has 3 nitrogen and oxygen atoms in total. The third-order valence-corrected chi connectivity index (χ3v) is 4.04. The van der Waals surface area contributed by atoms with Crippen molar-refractivity contribution in [3.8, 4) is 11.4 Å². The van der Waals surface area contributed by atoms with E-state index in [1.807, 2.05) is 13.0 Å². The van der Waals surface area contributed by atoms with E-state index in [1.54, 1.807) is 0 Å². The fraction of sp³-hybridized carbons (Fsp3) is 0.412. The van der Waals surface area contributed by atoms with Crippen LogP contribution in [0.25, 0.3) is 5.69 Å². The van der Waals surface area contributed by atoms with Crippen LogP contribution in [-0.2, 0) is 6.42 Å². The lowest BCUT2D eigenvalue weighted by Gasteiger charge is -2.21. The first-order valence-electron chi connectivity index (χ1n) is 7.40. The Bertz CT molecular complexity index is 615. The van der Waals surface area contributed by atoms with E-state index in [9.17, 15) is 0 Å². The van der Waals surface area contributed by atoms with Gasteiger partial charge in [-0.25, -0.2) is 0 Å². The molecule has 0 aliphatic heterocycles. The minimum absolute atomic E-state index is 0.189. The Morgan fingerprint density at radius 1 is 1.35 bits per heavy atom. The van der Waals surface area contributed by atoms with Gasteiger partial charge in [0.1, 0.15) is 5.75 Å². The van der Waals surface area contributed by atoms with E-state index in [-0.39, 0.29) is 6.04 Å². The fourth-order valence-electron chi connectivity index (χ4n) is 3.18. The minimum Gasteiger partial charge on any atom is -0.494 e. The molecule has 3 rings (SSSR count). The molecule has 1 aliphatic rings. The van der Waals surface area contributed by atoms with Gasteiger partial charge >= 0.3 is 0 Å². The van der Waals surface area contributed by atoms with Crippen molar-refractivity contribution in [2.24, 2.45) is 5.73 Å². The van der Waals surface area contributed by atoms with Crippen LogP contribution in [-0.4, -0.2) is 11.2 Å². The molecule has 0 spiro atoms. The topological polar surface area (TPSA) is 40.2 Å². The summed E-state index contributed by atoms with van der Waals surface area (Å²) in [5.74, 6) is 0.923. The summed E-state index contributed by atoms with van der Waals surface area (Å²) >= 11 is 0. The molecule has 2 N–H and O–H groups in total. The number of nitrogens with two attached hydrogens (primary N) is 1. The number of rotatable bonds is 3. The summed E-state index contributed by atoms with van der Waals surface area (Å²) in [6.45, 7) is 4.85. The molecule has 0 fully saturated rings. The van der Waals surface area contributed by atoms with E-state index in [4.69, 9.17) is 10.5 Å². The van der Waals surface area contributed by atoms with Gasteiger partial charge in [-0.05, 0) is 56.9 Å². The van der Waals surface area contributed by atoms with E-state index >= 15 is 0 Å². The van der Waals surface area contributed by atoms with Gasteiger partial charge in [0.15, 0.2) is 0 Å². The second-order valence-corrected chi connectivity index (χ2v) is 5.45. The zero-order valence-corrected chi connectivity index (χ0v) is 12.2. The van der Waals surface area contributed by atoms with Gasteiger partial charge in [0.05, 0.1) is 6.61 Å². The van der Waals surface area contributed by atoms with Crippen molar-refractivity contribution < 1.29 is 4.74 Å². The molecule has 1 unspecified atom stereocenters. The second kappa shape index (κ2) is 5.33. The summed E-state index contributed by atoms with van der Waals surface area (Å²) in [6, 6.07) is 10.7. The van der Waals surface area contributed by atoms with Crippen molar-refractivity contribution in [2.75, 3.05) is 6.61 Å². The summed E-state index contributed by atoms with van der Waals surface area (Å²) in [4.78, 5) is 0. The van der Waals surface area contributed by atoms with Crippen molar-refractivity contribution in [3.05, 3.63) is 47.3 Å². The van der Waals surface area contributed by atoms with Gasteiger partial charge in [-0.3, -0.25) is 0 Å². The summed E-state index contributed by atoms with van der Waals surface area (Å²) < 4.78 is 7.94. The molecule has 0 bridgehead atoms. The van der Waals surface area contributed by atoms with Gasteiger partial charge in [-0.1, -0.05) is 6.07 Å². The van der Waals surface area contributed by atoms with Crippen LogP contribution in [0.4, 0.5) is 0 Å². The lowest BCUT2D eigenvalue weighted by molar-refractivity contribution is 0.340. The number of hydrogen-bond donors (Lipinski definition) is 1. The van der Waals surface area contributed by atoms with Crippen LogP contribution in [0.1, 0.15) is 42.8 Å². The van der Waals surface area contributed by atoms with Crippen LogP contribution < -0.4 is 10.5 Å². The van der Waals surface area contributed by atoms with Gasteiger partial charge in [0.2, 0.25) is 0 Å². The number of benzene rings is 1. The molecular weight excluding hydrogens is 248 g/mol. The van der Waals surface area contributed by atoms with Crippen LogP contribution in [0.3, 0.4) is 0 Å². The standard InChI is InChI=1S/C17H22N2O/c1-3-20-14-7-4-6-13(11-14)19-12(2)10-15-16(18)8-5-9-17(15)19/h4,6-7,10-11,16H,3,5,8-9,18H2,1-2H3. The van der Waals surface area contributed by atoms with E-state index in [2.05, 4.69) is 35.8 Å². The number of aryl methyl sites for hydroxylation is 1. The largest absolute Gasteiger partial charge is 0.494 e. The Labute approximate surface area is 120 Å². The third kappa shape index (κ3) is 2.22. The number of aromatic nitrogens is 1. The van der Waals surface area contributed by atoms with Crippen molar-refractivity contribution in [1.82, 2.24) is 4.57 Å². The van der Waals surface area contributed by atoms with Crippen molar-refractivity contribution in [3.63, 3.8) is 0 Å². The summed E-state index contributed by atoms with van der Waals surface area (Å²) in [6.07, 6.45) is 3.37. The molecule has 1 heterocycles. The zero-order chi connectivity index (χ0) is 14.1. The molecule has 1 aliphatic carbocycles. The number of ether oxygens (including phenoxy) is 1. The van der Waals surface area contributed by atoms with Crippen LogP contribution in [0.2, 0.25) is 0 Å². The van der Waals surface area contributed by atoms with E-state index in [0.717, 1.165) is 18.6 Å². The first-order chi connectivity index (χ1) is 9.70. The third-order valence-electron chi connectivity index (χ3n) is 4.04. The normalized spacial score (nSPS) is 17.9. The average Bonchev–Trinajstić information content (AvgIpc) is 2.77. The number of fused-ring (bicyclic) bond motifs is 1. The fourth-order valence-corrected chi connectivity index (χ4v) is 3.18. The van der Waals surface area contributed by atoms with Gasteiger partial charge in [-0.2, -0.15) is 0 Å². The number of hydrogen-bond acceptors (Lipinski definition) is 2. The Morgan fingerprint density at radius 2 is 2.20 bits per heavy atom. The van der Waals surface area contributed by atoms with Crippen LogP contribution in [0.15, 0.2) is 30.3 Å². The zero-order valence-electron chi connectivity index (χ0n) is 12.2. The van der Waals surface area contributed by atoms with Gasteiger partial charge in [-0.15, -0.1) is 0 Å². The SMILES string of the molecule is CCOc1cccc(-n2c(C)cc3c2CCCC3N)c1. The highest BCUT2D eigenvalue weighted by molar-refractivity contribution is 5.46. The summed E-state index contributed by atoms with van der Waals surface area (Å²) in [7, 11) is 0. The molecule has 20 heavy (non-hydrogen) atoms. The quantitative estimate of drug-likeness (QED) is 0.927. The summed E-state index contributed by atoms with van der Waals surface area (Å²) in [5, 5.41) is 0. The Kier molecular flexibility index (Phi) is 3.53. The Morgan fingerprint density at radius 3 is 3.00 bits per heavy atom. The maximum Gasteiger partial charge on any atom is 0.121 e. The molecule has 3 heteroatoms. The lowest BCUT2D eigenvalue weighted by atomic mass is 9.93.